The molecule has 1 aromatic heterocycles. The predicted octanol–water partition coefficient (Wildman–Crippen LogP) is 3.56. The van der Waals surface area contributed by atoms with E-state index >= 15 is 0 Å². The summed E-state index contributed by atoms with van der Waals surface area (Å²) in [4.78, 5) is 0. The molecule has 0 bridgehead atoms. The standard InChI is InChI=1S/C14H19FN2/c1-9(2)17-8-12(14(3,4)16)11-7-10(15)5-6-13(11)17/h5-9H,16H2,1-4H3. The largest absolute Gasteiger partial charge is 0.345 e. The van der Waals surface area contributed by atoms with E-state index in [-0.39, 0.29) is 5.82 Å². The molecule has 0 spiro atoms. The Bertz CT molecular complexity index is 547. The number of hydrogen-bond donors (Lipinski definition) is 1. The number of nitrogens with zero attached hydrogens (tertiary/aromatic N) is 1. The number of rotatable bonds is 2. The van der Waals surface area contributed by atoms with Gasteiger partial charge in [0.25, 0.3) is 0 Å². The van der Waals surface area contributed by atoms with Crippen LogP contribution in [0.4, 0.5) is 4.39 Å². The first-order valence-corrected chi connectivity index (χ1v) is 5.90. The van der Waals surface area contributed by atoms with Gasteiger partial charge in [0.15, 0.2) is 0 Å². The normalized spacial score (nSPS) is 12.6. The molecule has 17 heavy (non-hydrogen) atoms. The molecule has 0 atom stereocenters. The second-order valence-corrected chi connectivity index (χ2v) is 5.43. The molecule has 3 heteroatoms. The Labute approximate surface area is 101 Å². The highest BCUT2D eigenvalue weighted by atomic mass is 19.1. The first-order valence-electron chi connectivity index (χ1n) is 5.90. The zero-order chi connectivity index (χ0) is 12.8. The molecule has 0 saturated heterocycles. The Balaban J connectivity index is 2.80. The van der Waals surface area contributed by atoms with Crippen LogP contribution in [0.15, 0.2) is 24.4 Å². The van der Waals surface area contributed by atoms with Crippen LogP contribution in [0.5, 0.6) is 0 Å². The Morgan fingerprint density at radius 1 is 1.29 bits per heavy atom. The number of halogens is 1. The van der Waals surface area contributed by atoms with Gasteiger partial charge >= 0.3 is 0 Å². The highest BCUT2D eigenvalue weighted by Gasteiger charge is 2.21. The maximum atomic E-state index is 13.4. The molecular weight excluding hydrogens is 215 g/mol. The van der Waals surface area contributed by atoms with Crippen molar-refractivity contribution in [2.45, 2.75) is 39.3 Å². The fraction of sp³-hybridized carbons (Fsp3) is 0.429. The zero-order valence-corrected chi connectivity index (χ0v) is 10.8. The van der Waals surface area contributed by atoms with Crippen molar-refractivity contribution < 1.29 is 4.39 Å². The minimum Gasteiger partial charge on any atom is -0.345 e. The monoisotopic (exact) mass is 234 g/mol. The molecule has 2 nitrogen and oxygen atoms in total. The lowest BCUT2D eigenvalue weighted by Gasteiger charge is -2.17. The van der Waals surface area contributed by atoms with Gasteiger partial charge in [0.1, 0.15) is 5.82 Å². The Morgan fingerprint density at radius 3 is 2.47 bits per heavy atom. The van der Waals surface area contributed by atoms with E-state index in [1.807, 2.05) is 26.1 Å². The quantitative estimate of drug-likeness (QED) is 0.846. The number of benzene rings is 1. The van der Waals surface area contributed by atoms with Crippen molar-refractivity contribution in [1.82, 2.24) is 4.57 Å². The van der Waals surface area contributed by atoms with E-state index in [1.54, 1.807) is 6.07 Å². The Hall–Kier alpha value is -1.35. The summed E-state index contributed by atoms with van der Waals surface area (Å²) in [5, 5.41) is 0.909. The summed E-state index contributed by atoms with van der Waals surface area (Å²) in [6.07, 6.45) is 2.04. The van der Waals surface area contributed by atoms with Gasteiger partial charge in [-0.3, -0.25) is 0 Å². The summed E-state index contributed by atoms with van der Waals surface area (Å²) in [6, 6.07) is 5.21. The third kappa shape index (κ3) is 2.07. The summed E-state index contributed by atoms with van der Waals surface area (Å²) >= 11 is 0. The second kappa shape index (κ2) is 3.84. The van der Waals surface area contributed by atoms with Gasteiger partial charge in [0, 0.05) is 28.7 Å². The minimum absolute atomic E-state index is 0.218. The van der Waals surface area contributed by atoms with E-state index in [9.17, 15) is 4.39 Å². The van der Waals surface area contributed by atoms with Crippen molar-refractivity contribution in [2.75, 3.05) is 0 Å². The van der Waals surface area contributed by atoms with Crippen LogP contribution in [0.1, 0.15) is 39.3 Å². The van der Waals surface area contributed by atoms with Gasteiger partial charge in [-0.15, -0.1) is 0 Å². The maximum Gasteiger partial charge on any atom is 0.123 e. The molecule has 0 radical (unpaired) electrons. The van der Waals surface area contributed by atoms with Crippen LogP contribution < -0.4 is 5.73 Å². The number of aromatic nitrogens is 1. The van der Waals surface area contributed by atoms with E-state index in [4.69, 9.17) is 5.73 Å². The zero-order valence-electron chi connectivity index (χ0n) is 10.8. The van der Waals surface area contributed by atoms with Crippen LogP contribution in [-0.2, 0) is 5.54 Å². The highest BCUT2D eigenvalue weighted by molar-refractivity contribution is 5.85. The summed E-state index contributed by atoms with van der Waals surface area (Å²) < 4.78 is 15.5. The average molecular weight is 234 g/mol. The molecule has 0 aliphatic carbocycles. The van der Waals surface area contributed by atoms with E-state index in [2.05, 4.69) is 18.4 Å². The van der Waals surface area contributed by atoms with Crippen molar-refractivity contribution in [3.05, 3.63) is 35.8 Å². The summed E-state index contributed by atoms with van der Waals surface area (Å²) in [7, 11) is 0. The minimum atomic E-state index is -0.466. The number of hydrogen-bond acceptors (Lipinski definition) is 1. The SMILES string of the molecule is CC(C)n1cc(C(C)(C)N)c2cc(F)ccc21. The van der Waals surface area contributed by atoms with Crippen LogP contribution in [0.25, 0.3) is 10.9 Å². The van der Waals surface area contributed by atoms with E-state index < -0.39 is 5.54 Å². The van der Waals surface area contributed by atoms with Gasteiger partial charge in [-0.25, -0.2) is 4.39 Å². The molecule has 1 aromatic carbocycles. The summed E-state index contributed by atoms with van der Waals surface area (Å²) in [5.74, 6) is -0.218. The van der Waals surface area contributed by atoms with Gasteiger partial charge < -0.3 is 10.3 Å². The number of nitrogens with two attached hydrogens (primary N) is 1. The molecule has 2 rings (SSSR count). The van der Waals surface area contributed by atoms with Gasteiger partial charge in [-0.1, -0.05) is 0 Å². The Kier molecular flexibility index (Phi) is 2.74. The molecule has 0 fully saturated rings. The van der Waals surface area contributed by atoms with E-state index in [0.29, 0.717) is 6.04 Å². The predicted molar refractivity (Wildman–Crippen MR) is 69.5 cm³/mol. The lowest BCUT2D eigenvalue weighted by Crippen LogP contribution is -2.28. The molecule has 0 amide bonds. The van der Waals surface area contributed by atoms with Gasteiger partial charge in [-0.05, 0) is 51.5 Å². The third-order valence-corrected chi connectivity index (χ3v) is 3.05. The molecule has 0 unspecified atom stereocenters. The maximum absolute atomic E-state index is 13.4. The van der Waals surface area contributed by atoms with Crippen molar-refractivity contribution in [1.29, 1.82) is 0 Å². The molecule has 0 saturated carbocycles. The van der Waals surface area contributed by atoms with E-state index in [0.717, 1.165) is 16.5 Å². The van der Waals surface area contributed by atoms with Crippen molar-refractivity contribution in [3.63, 3.8) is 0 Å². The molecule has 0 aliphatic heterocycles. The first kappa shape index (κ1) is 12.1. The molecule has 0 aliphatic rings. The summed E-state index contributed by atoms with van der Waals surface area (Å²) in [6.45, 7) is 8.10. The molecular formula is C14H19FN2. The lowest BCUT2D eigenvalue weighted by molar-refractivity contribution is 0.549. The van der Waals surface area contributed by atoms with Crippen LogP contribution in [0.2, 0.25) is 0 Å². The average Bonchev–Trinajstić information content (AvgIpc) is 2.55. The van der Waals surface area contributed by atoms with Crippen LogP contribution in [0.3, 0.4) is 0 Å². The second-order valence-electron chi connectivity index (χ2n) is 5.43. The Morgan fingerprint density at radius 2 is 1.94 bits per heavy atom. The molecule has 92 valence electrons. The topological polar surface area (TPSA) is 30.9 Å². The fourth-order valence-electron chi connectivity index (χ4n) is 2.17. The molecule has 1 heterocycles. The van der Waals surface area contributed by atoms with Gasteiger partial charge in [-0.2, -0.15) is 0 Å². The van der Waals surface area contributed by atoms with E-state index in [1.165, 1.54) is 6.07 Å². The van der Waals surface area contributed by atoms with Gasteiger partial charge in [0.05, 0.1) is 0 Å². The first-order chi connectivity index (χ1) is 7.80. The summed E-state index contributed by atoms with van der Waals surface area (Å²) in [5.41, 5.74) is 7.71. The van der Waals surface area contributed by atoms with Crippen molar-refractivity contribution in [3.8, 4) is 0 Å². The van der Waals surface area contributed by atoms with Crippen LogP contribution >= 0.6 is 0 Å². The van der Waals surface area contributed by atoms with Crippen LogP contribution in [0, 0.1) is 5.82 Å². The van der Waals surface area contributed by atoms with Crippen LogP contribution in [-0.4, -0.2) is 4.57 Å². The van der Waals surface area contributed by atoms with Crippen molar-refractivity contribution >= 4 is 10.9 Å². The lowest BCUT2D eigenvalue weighted by atomic mass is 9.95. The fourth-order valence-corrected chi connectivity index (χ4v) is 2.17. The van der Waals surface area contributed by atoms with Crippen molar-refractivity contribution in [2.24, 2.45) is 5.73 Å². The number of fused-ring (bicyclic) bond motifs is 1. The highest BCUT2D eigenvalue weighted by Crippen LogP contribution is 2.31. The smallest absolute Gasteiger partial charge is 0.123 e. The molecule has 2 aromatic rings. The molecule has 2 N–H and O–H groups in total. The third-order valence-electron chi connectivity index (χ3n) is 3.05. The van der Waals surface area contributed by atoms with Gasteiger partial charge in [0.2, 0.25) is 0 Å².